The Hall–Kier alpha value is -4.85. The number of benzene rings is 2. The van der Waals surface area contributed by atoms with Crippen molar-refractivity contribution < 1.29 is 19.2 Å². The molecule has 0 radical (unpaired) electrons. The first-order valence-corrected chi connectivity index (χ1v) is 22.1. The molecule has 6 rings (SSSR count). The molecular weight excluding hydrogens is 784 g/mol. The number of carbonyl (C=O) groups is 4. The highest BCUT2D eigenvalue weighted by Crippen LogP contribution is 2.41. The highest BCUT2D eigenvalue weighted by Gasteiger charge is 2.35. The topological polar surface area (TPSA) is 150 Å². The van der Waals surface area contributed by atoms with Crippen molar-refractivity contribution in [2.75, 3.05) is 49.1 Å². The zero-order chi connectivity index (χ0) is 42.1. The van der Waals surface area contributed by atoms with Crippen molar-refractivity contribution in [3.05, 3.63) is 92.5 Å². The number of rotatable bonds is 16. The van der Waals surface area contributed by atoms with Crippen LogP contribution in [0.4, 0.5) is 10.7 Å². The number of hydrogen-bond donors (Lipinski definition) is 4. The van der Waals surface area contributed by atoms with Crippen LogP contribution in [0.2, 0.25) is 5.02 Å². The molecule has 59 heavy (non-hydrogen) atoms. The van der Waals surface area contributed by atoms with Gasteiger partial charge < -0.3 is 15.5 Å². The number of thiophene rings is 1. The summed E-state index contributed by atoms with van der Waals surface area (Å²) in [6.07, 6.45) is 7.78. The third-order valence-corrected chi connectivity index (χ3v) is 12.7. The summed E-state index contributed by atoms with van der Waals surface area (Å²) < 4.78 is 0. The van der Waals surface area contributed by atoms with E-state index in [1.54, 1.807) is 11.3 Å². The average Bonchev–Trinajstić information content (AvgIpc) is 3.44. The van der Waals surface area contributed by atoms with Gasteiger partial charge in [-0.05, 0) is 88.4 Å². The molecule has 1 aromatic heterocycles. The van der Waals surface area contributed by atoms with Gasteiger partial charge in [-0.25, -0.2) is 0 Å². The number of imide groups is 1. The zero-order valence-corrected chi connectivity index (χ0v) is 36.2. The maximum Gasteiger partial charge on any atom is 0.249 e. The number of carbonyl (C=O) groups excluding carboxylic acids is 4. The molecule has 3 aliphatic heterocycles. The van der Waals surface area contributed by atoms with E-state index in [0.29, 0.717) is 23.8 Å². The van der Waals surface area contributed by atoms with E-state index in [1.807, 2.05) is 54.3 Å². The van der Waals surface area contributed by atoms with Gasteiger partial charge in [0.15, 0.2) is 0 Å². The predicted octanol–water partition coefficient (Wildman–Crippen LogP) is 6.69. The van der Waals surface area contributed by atoms with Crippen molar-refractivity contribution in [1.82, 2.24) is 20.9 Å². The Kier molecular flexibility index (Phi) is 15.1. The molecule has 1 unspecified atom stereocenters. The molecular formula is C45H57ClN8O4S. The maximum atomic E-state index is 13.5. The summed E-state index contributed by atoms with van der Waals surface area (Å²) >= 11 is 7.94. The van der Waals surface area contributed by atoms with Crippen molar-refractivity contribution in [1.29, 1.82) is 5.41 Å². The number of piperidine rings is 1. The summed E-state index contributed by atoms with van der Waals surface area (Å²) in [5.41, 5.74) is 6.76. The smallest absolute Gasteiger partial charge is 0.249 e. The van der Waals surface area contributed by atoms with Crippen molar-refractivity contribution in [2.24, 2.45) is 4.99 Å². The van der Waals surface area contributed by atoms with Gasteiger partial charge in [-0.1, -0.05) is 61.7 Å². The van der Waals surface area contributed by atoms with Crippen LogP contribution in [0.5, 0.6) is 0 Å². The molecule has 3 aliphatic rings. The number of unbranched alkanes of at least 4 members (excludes halogenated alkanes) is 3. The SMILES string of the molecule is CCC/C=C(\C)N1C(=N)[C@H](CC(=O)NCCCCCN2CCN(c3cccc(CC(=O)NC4CCC(=O)NC4=O)c3)CC2)N=C(c2ccc(Cl)cc2)c2c1sc(C)c2C. The van der Waals surface area contributed by atoms with E-state index in [1.165, 1.54) is 4.88 Å². The summed E-state index contributed by atoms with van der Waals surface area (Å²) in [6, 6.07) is 14.3. The molecule has 4 heterocycles. The number of fused-ring (bicyclic) bond motifs is 1. The number of amides is 4. The third-order valence-electron chi connectivity index (χ3n) is 11.3. The van der Waals surface area contributed by atoms with Crippen LogP contribution >= 0.6 is 22.9 Å². The quantitative estimate of drug-likeness (QED) is 0.0928. The normalized spacial score (nSPS) is 18.9. The van der Waals surface area contributed by atoms with Crippen LogP contribution in [-0.2, 0) is 25.6 Å². The van der Waals surface area contributed by atoms with Gasteiger partial charge in [0.05, 0.1) is 18.6 Å². The van der Waals surface area contributed by atoms with Crippen molar-refractivity contribution in [3.63, 3.8) is 0 Å². The van der Waals surface area contributed by atoms with Crippen LogP contribution in [0.15, 0.2) is 65.3 Å². The van der Waals surface area contributed by atoms with E-state index in [4.69, 9.17) is 16.6 Å². The van der Waals surface area contributed by atoms with Crippen LogP contribution in [0, 0.1) is 19.3 Å². The second-order valence-electron chi connectivity index (χ2n) is 15.7. The van der Waals surface area contributed by atoms with Gasteiger partial charge >= 0.3 is 0 Å². The molecule has 4 amide bonds. The van der Waals surface area contributed by atoms with E-state index in [2.05, 4.69) is 58.7 Å². The summed E-state index contributed by atoms with van der Waals surface area (Å²) in [7, 11) is 0. The Morgan fingerprint density at radius 1 is 1.03 bits per heavy atom. The standard InChI is InChI=1S/C45H57ClN8O4S/c1-5-6-11-29(2)54-43(47)37(50-42(33-14-16-34(46)17-15-33)41-30(3)31(4)59-45(41)54)28-39(56)48-20-8-7-9-21-52-22-24-53(25-23-52)35-13-10-12-32(26-35)27-40(57)49-36-18-19-38(55)51-44(36)58/h10-17,26,36-37,47H,5-9,18-25,27-28H2,1-4H3,(H,48,56)(H,49,57)(H,51,55,58)/b29-11+,47-43?/t36?,37-/m0/s1. The lowest BCUT2D eigenvalue weighted by Crippen LogP contribution is -2.52. The van der Waals surface area contributed by atoms with Crippen LogP contribution in [0.3, 0.4) is 0 Å². The Balaban J connectivity index is 0.962. The van der Waals surface area contributed by atoms with Crippen LogP contribution in [-0.4, -0.2) is 91.4 Å². The summed E-state index contributed by atoms with van der Waals surface area (Å²) in [6.45, 7) is 13.6. The number of aliphatic imine (C=N–C) groups is 1. The maximum absolute atomic E-state index is 13.5. The highest BCUT2D eigenvalue weighted by molar-refractivity contribution is 7.17. The number of aryl methyl sites for hydroxylation is 1. The predicted molar refractivity (Wildman–Crippen MR) is 238 cm³/mol. The molecule has 0 spiro atoms. The lowest BCUT2D eigenvalue weighted by atomic mass is 9.99. The summed E-state index contributed by atoms with van der Waals surface area (Å²) in [5.74, 6) is -0.793. The molecule has 2 saturated heterocycles. The Bertz CT molecular complexity index is 2090. The molecule has 3 aromatic rings. The van der Waals surface area contributed by atoms with E-state index in [9.17, 15) is 24.6 Å². The summed E-state index contributed by atoms with van der Waals surface area (Å²) in [5, 5.41) is 19.2. The minimum absolute atomic E-state index is 0.0865. The van der Waals surface area contributed by atoms with E-state index in [-0.39, 0.29) is 37.0 Å². The van der Waals surface area contributed by atoms with Gasteiger partial charge in [-0.15, -0.1) is 11.3 Å². The minimum Gasteiger partial charge on any atom is -0.369 e. The number of hydrogen-bond acceptors (Lipinski definition) is 9. The Labute approximate surface area is 357 Å². The second-order valence-corrected chi connectivity index (χ2v) is 17.3. The van der Waals surface area contributed by atoms with Crippen molar-refractivity contribution in [3.8, 4) is 0 Å². The molecule has 0 aliphatic carbocycles. The first kappa shape index (κ1) is 43.7. The Morgan fingerprint density at radius 3 is 2.53 bits per heavy atom. The second kappa shape index (κ2) is 20.4. The van der Waals surface area contributed by atoms with Crippen LogP contribution in [0.25, 0.3) is 0 Å². The number of nitrogens with one attached hydrogen (secondary N) is 4. The lowest BCUT2D eigenvalue weighted by Gasteiger charge is -2.36. The molecule has 314 valence electrons. The van der Waals surface area contributed by atoms with Crippen molar-refractivity contribution >= 4 is 68.8 Å². The first-order valence-electron chi connectivity index (χ1n) is 20.9. The monoisotopic (exact) mass is 840 g/mol. The van der Waals surface area contributed by atoms with Gasteiger partial charge in [0.25, 0.3) is 0 Å². The van der Waals surface area contributed by atoms with Gasteiger partial charge in [-0.2, -0.15) is 0 Å². The number of piperazine rings is 1. The van der Waals surface area contributed by atoms with Gasteiger partial charge in [0.2, 0.25) is 23.6 Å². The van der Waals surface area contributed by atoms with Crippen LogP contribution < -0.4 is 25.8 Å². The lowest BCUT2D eigenvalue weighted by molar-refractivity contribution is -0.137. The molecule has 2 atom stereocenters. The molecule has 4 N–H and O–H groups in total. The van der Waals surface area contributed by atoms with Gasteiger partial charge in [0.1, 0.15) is 22.9 Å². The summed E-state index contributed by atoms with van der Waals surface area (Å²) in [4.78, 5) is 62.8. The van der Waals surface area contributed by atoms with Crippen molar-refractivity contribution in [2.45, 2.75) is 97.6 Å². The fourth-order valence-electron chi connectivity index (χ4n) is 7.82. The number of amidine groups is 1. The fraction of sp³-hybridized carbons (Fsp3) is 0.467. The molecule has 12 nitrogen and oxygen atoms in total. The largest absolute Gasteiger partial charge is 0.369 e. The van der Waals surface area contributed by atoms with Gasteiger partial charge in [0, 0.05) is 71.6 Å². The average molecular weight is 842 g/mol. The molecule has 0 saturated carbocycles. The molecule has 0 bridgehead atoms. The Morgan fingerprint density at radius 2 is 1.80 bits per heavy atom. The van der Waals surface area contributed by atoms with E-state index >= 15 is 0 Å². The fourth-order valence-corrected chi connectivity index (χ4v) is 9.17. The third kappa shape index (κ3) is 11.3. The van der Waals surface area contributed by atoms with E-state index < -0.39 is 18.0 Å². The highest BCUT2D eigenvalue weighted by atomic mass is 35.5. The molecule has 2 aromatic carbocycles. The van der Waals surface area contributed by atoms with Crippen LogP contribution in [0.1, 0.15) is 92.3 Å². The molecule has 2 fully saturated rings. The first-order chi connectivity index (χ1) is 28.4. The minimum atomic E-state index is -0.674. The number of halogens is 1. The number of nitrogens with zero attached hydrogens (tertiary/aromatic N) is 4. The zero-order valence-electron chi connectivity index (χ0n) is 34.7. The number of anilines is 2. The molecule has 14 heteroatoms. The van der Waals surface area contributed by atoms with Gasteiger partial charge in [-0.3, -0.25) is 44.7 Å². The van der Waals surface area contributed by atoms with E-state index in [0.717, 1.165) is 109 Å². The number of allylic oxidation sites excluding steroid dienone is 2.